The van der Waals surface area contributed by atoms with Crippen molar-refractivity contribution in [2.45, 2.75) is 26.2 Å². The molecule has 134 valence electrons. The van der Waals surface area contributed by atoms with E-state index in [9.17, 15) is 15.0 Å². The fourth-order valence-corrected chi connectivity index (χ4v) is 2.54. The van der Waals surface area contributed by atoms with Crippen LogP contribution in [0.2, 0.25) is 0 Å². The van der Waals surface area contributed by atoms with E-state index in [1.54, 1.807) is 31.4 Å². The number of carbonyl (C=O) groups is 1. The second kappa shape index (κ2) is 8.42. The Morgan fingerprint density at radius 2 is 1.88 bits per heavy atom. The van der Waals surface area contributed by atoms with E-state index in [2.05, 4.69) is 13.8 Å². The molecule has 0 aliphatic carbocycles. The van der Waals surface area contributed by atoms with Crippen molar-refractivity contribution in [2.24, 2.45) is 5.92 Å². The number of rotatable bonds is 8. The van der Waals surface area contributed by atoms with Crippen LogP contribution in [-0.4, -0.2) is 29.9 Å². The molecule has 5 nitrogen and oxygen atoms in total. The van der Waals surface area contributed by atoms with Crippen LogP contribution in [0.25, 0.3) is 0 Å². The zero-order valence-corrected chi connectivity index (χ0v) is 14.7. The zero-order valence-electron chi connectivity index (χ0n) is 14.7. The molecule has 2 rings (SSSR count). The number of hydrogen-bond donors (Lipinski definition) is 2. The van der Waals surface area contributed by atoms with Gasteiger partial charge in [-0.25, -0.2) is 0 Å². The maximum Gasteiger partial charge on any atom is 0.311 e. The Hall–Kier alpha value is -2.69. The number of benzene rings is 2. The van der Waals surface area contributed by atoms with E-state index in [1.807, 2.05) is 6.07 Å². The molecule has 0 saturated carbocycles. The van der Waals surface area contributed by atoms with Gasteiger partial charge in [0.2, 0.25) is 0 Å². The van der Waals surface area contributed by atoms with E-state index in [0.717, 1.165) is 5.56 Å². The summed E-state index contributed by atoms with van der Waals surface area (Å²) in [6.45, 7) is 4.71. The van der Waals surface area contributed by atoms with Gasteiger partial charge in [0.15, 0.2) is 11.5 Å². The van der Waals surface area contributed by atoms with Crippen LogP contribution in [0.4, 0.5) is 0 Å². The summed E-state index contributed by atoms with van der Waals surface area (Å²) in [4.78, 5) is 11.7. The molecular weight excluding hydrogens is 320 g/mol. The number of hydrogen-bond acceptors (Lipinski definition) is 4. The molecule has 0 aliphatic rings. The van der Waals surface area contributed by atoms with Crippen molar-refractivity contribution in [1.82, 2.24) is 0 Å². The first-order valence-corrected chi connectivity index (χ1v) is 8.22. The first-order valence-electron chi connectivity index (χ1n) is 8.22. The molecule has 0 aliphatic heterocycles. The van der Waals surface area contributed by atoms with E-state index in [-0.39, 0.29) is 5.75 Å². The highest BCUT2D eigenvalue weighted by Crippen LogP contribution is 2.31. The summed E-state index contributed by atoms with van der Waals surface area (Å²) < 4.78 is 11.1. The van der Waals surface area contributed by atoms with Crippen LogP contribution in [0.15, 0.2) is 42.5 Å². The molecule has 0 aromatic heterocycles. The highest BCUT2D eigenvalue weighted by molar-refractivity contribution is 5.76. The molecule has 0 radical (unpaired) electrons. The third-order valence-corrected chi connectivity index (χ3v) is 3.81. The lowest BCUT2D eigenvalue weighted by molar-refractivity contribution is -0.138. The summed E-state index contributed by atoms with van der Waals surface area (Å²) in [6.07, 6.45) is 0.291. The molecule has 2 aromatic rings. The Labute approximate surface area is 147 Å². The van der Waals surface area contributed by atoms with Gasteiger partial charge in [0.1, 0.15) is 5.75 Å². The fourth-order valence-electron chi connectivity index (χ4n) is 2.54. The topological polar surface area (TPSA) is 76.0 Å². The first-order chi connectivity index (χ1) is 11.9. The minimum Gasteiger partial charge on any atom is -0.508 e. The van der Waals surface area contributed by atoms with E-state index in [1.165, 1.54) is 12.1 Å². The Bertz CT molecular complexity index is 724. The molecule has 1 atom stereocenters. The quantitative estimate of drug-likeness (QED) is 0.761. The summed E-state index contributed by atoms with van der Waals surface area (Å²) in [7, 11) is 1.56. The van der Waals surface area contributed by atoms with Gasteiger partial charge in [0.25, 0.3) is 0 Å². The van der Waals surface area contributed by atoms with Crippen LogP contribution >= 0.6 is 0 Å². The molecule has 0 spiro atoms. The van der Waals surface area contributed by atoms with Crippen molar-refractivity contribution in [3.63, 3.8) is 0 Å². The number of phenols is 1. The average Bonchev–Trinajstić information content (AvgIpc) is 2.57. The molecule has 0 fully saturated rings. The molecule has 1 unspecified atom stereocenters. The van der Waals surface area contributed by atoms with Crippen molar-refractivity contribution >= 4 is 5.97 Å². The lowest BCUT2D eigenvalue weighted by Gasteiger charge is -2.16. The lowest BCUT2D eigenvalue weighted by atomic mass is 9.92. The molecular formula is C20H24O5. The van der Waals surface area contributed by atoms with Crippen molar-refractivity contribution in [2.75, 3.05) is 13.7 Å². The minimum atomic E-state index is -0.940. The van der Waals surface area contributed by atoms with E-state index in [0.29, 0.717) is 36.0 Å². The smallest absolute Gasteiger partial charge is 0.311 e. The standard InChI is InChI=1S/C20H24O5/c1-13(2)12-25-18-8-7-14(10-19(18)24-3)9-17(20(22)23)15-5-4-6-16(21)11-15/h4-8,10-11,13,17,21H,9,12H2,1-3H3,(H,22,23). The van der Waals surface area contributed by atoms with Crippen molar-refractivity contribution < 1.29 is 24.5 Å². The monoisotopic (exact) mass is 344 g/mol. The highest BCUT2D eigenvalue weighted by atomic mass is 16.5. The van der Waals surface area contributed by atoms with Gasteiger partial charge in [0.05, 0.1) is 19.6 Å². The SMILES string of the molecule is COc1cc(CC(C(=O)O)c2cccc(O)c2)ccc1OCC(C)C. The molecule has 2 aromatic carbocycles. The molecule has 2 N–H and O–H groups in total. The zero-order chi connectivity index (χ0) is 18.4. The van der Waals surface area contributed by atoms with E-state index >= 15 is 0 Å². The van der Waals surface area contributed by atoms with Crippen molar-refractivity contribution in [1.29, 1.82) is 0 Å². The number of phenolic OH excluding ortho intramolecular Hbond substituents is 1. The Morgan fingerprint density at radius 3 is 2.48 bits per heavy atom. The number of carboxylic acid groups (broad SMARTS) is 1. The van der Waals surface area contributed by atoms with E-state index < -0.39 is 11.9 Å². The summed E-state index contributed by atoms with van der Waals surface area (Å²) >= 11 is 0. The largest absolute Gasteiger partial charge is 0.508 e. The predicted molar refractivity (Wildman–Crippen MR) is 95.5 cm³/mol. The third kappa shape index (κ3) is 5.14. The number of aliphatic carboxylic acids is 1. The maximum absolute atomic E-state index is 11.7. The van der Waals surface area contributed by atoms with Gasteiger partial charge in [-0.05, 0) is 47.7 Å². The van der Waals surface area contributed by atoms with Gasteiger partial charge < -0.3 is 19.7 Å². The highest BCUT2D eigenvalue weighted by Gasteiger charge is 2.21. The number of aromatic hydroxyl groups is 1. The molecule has 0 amide bonds. The molecule has 0 saturated heterocycles. The molecule has 0 bridgehead atoms. The fraction of sp³-hybridized carbons (Fsp3) is 0.350. The minimum absolute atomic E-state index is 0.0544. The van der Waals surface area contributed by atoms with Crippen molar-refractivity contribution in [3.05, 3.63) is 53.6 Å². The van der Waals surface area contributed by atoms with Crippen LogP contribution < -0.4 is 9.47 Å². The number of carboxylic acids is 1. The molecule has 5 heteroatoms. The Morgan fingerprint density at radius 1 is 1.12 bits per heavy atom. The van der Waals surface area contributed by atoms with Gasteiger partial charge in [-0.1, -0.05) is 32.0 Å². The van der Waals surface area contributed by atoms with E-state index in [4.69, 9.17) is 9.47 Å². The van der Waals surface area contributed by atoms with Crippen LogP contribution in [-0.2, 0) is 11.2 Å². The first kappa shape index (κ1) is 18.6. The van der Waals surface area contributed by atoms with Gasteiger partial charge >= 0.3 is 5.97 Å². The third-order valence-electron chi connectivity index (χ3n) is 3.81. The van der Waals surface area contributed by atoms with Crippen LogP contribution in [0.5, 0.6) is 17.2 Å². The van der Waals surface area contributed by atoms with Gasteiger partial charge in [-0.15, -0.1) is 0 Å². The van der Waals surface area contributed by atoms with Gasteiger partial charge in [-0.2, -0.15) is 0 Å². The summed E-state index contributed by atoms with van der Waals surface area (Å²) in [5.74, 6) is -0.0170. The van der Waals surface area contributed by atoms with Crippen LogP contribution in [0.3, 0.4) is 0 Å². The number of methoxy groups -OCH3 is 1. The number of ether oxygens (including phenoxy) is 2. The normalized spacial score (nSPS) is 12.0. The summed E-state index contributed by atoms with van der Waals surface area (Å²) in [6, 6.07) is 11.8. The van der Waals surface area contributed by atoms with Crippen LogP contribution in [0.1, 0.15) is 30.9 Å². The second-order valence-corrected chi connectivity index (χ2v) is 6.38. The maximum atomic E-state index is 11.7. The average molecular weight is 344 g/mol. The Balaban J connectivity index is 2.23. The molecule has 0 heterocycles. The van der Waals surface area contributed by atoms with Gasteiger partial charge in [-0.3, -0.25) is 4.79 Å². The lowest BCUT2D eigenvalue weighted by Crippen LogP contribution is -2.14. The Kier molecular flexibility index (Phi) is 6.28. The second-order valence-electron chi connectivity index (χ2n) is 6.38. The van der Waals surface area contributed by atoms with Crippen LogP contribution in [0, 0.1) is 5.92 Å². The van der Waals surface area contributed by atoms with Gasteiger partial charge in [0, 0.05) is 0 Å². The molecule has 25 heavy (non-hydrogen) atoms. The summed E-state index contributed by atoms with van der Waals surface area (Å²) in [5, 5.41) is 19.2. The van der Waals surface area contributed by atoms with Crippen molar-refractivity contribution in [3.8, 4) is 17.2 Å². The predicted octanol–water partition coefficient (Wildman–Crippen LogP) is 3.85. The summed E-state index contributed by atoms with van der Waals surface area (Å²) in [5.41, 5.74) is 1.39.